The van der Waals surface area contributed by atoms with Crippen LogP contribution in [0.4, 0.5) is 4.39 Å². The van der Waals surface area contributed by atoms with Gasteiger partial charge in [-0.05, 0) is 36.4 Å². The molecule has 3 heteroatoms. The summed E-state index contributed by atoms with van der Waals surface area (Å²) in [7, 11) is 0. The highest BCUT2D eigenvalue weighted by molar-refractivity contribution is 5.27. The van der Waals surface area contributed by atoms with E-state index in [9.17, 15) is 4.39 Å². The Balaban J connectivity index is 2.32. The summed E-state index contributed by atoms with van der Waals surface area (Å²) in [4.78, 5) is 4.34. The van der Waals surface area contributed by atoms with Gasteiger partial charge >= 0.3 is 0 Å². The van der Waals surface area contributed by atoms with Gasteiger partial charge in [-0.25, -0.2) is 4.39 Å². The molecule has 0 radical (unpaired) electrons. The summed E-state index contributed by atoms with van der Waals surface area (Å²) < 4.78 is 12.9. The van der Waals surface area contributed by atoms with E-state index in [1.54, 1.807) is 18.3 Å². The summed E-state index contributed by atoms with van der Waals surface area (Å²) >= 11 is 0. The molecule has 0 fully saturated rings. The quantitative estimate of drug-likeness (QED) is 0.873. The van der Waals surface area contributed by atoms with Crippen LogP contribution in [0.1, 0.15) is 24.2 Å². The normalized spacial score (nSPS) is 12.4. The van der Waals surface area contributed by atoms with Crippen LogP contribution in [0.3, 0.4) is 0 Å². The molecule has 0 unspecified atom stereocenters. The summed E-state index contributed by atoms with van der Waals surface area (Å²) in [5, 5.41) is 3.35. The molecule has 0 aliphatic heterocycles. The third kappa shape index (κ3) is 2.88. The van der Waals surface area contributed by atoms with Crippen LogP contribution >= 0.6 is 0 Å². The molecule has 0 aliphatic rings. The maximum atomic E-state index is 12.9. The van der Waals surface area contributed by atoms with Gasteiger partial charge in [0.05, 0.1) is 11.7 Å². The van der Waals surface area contributed by atoms with Gasteiger partial charge in [-0.15, -0.1) is 0 Å². The summed E-state index contributed by atoms with van der Waals surface area (Å²) in [6.45, 7) is 2.87. The average molecular weight is 230 g/mol. The van der Waals surface area contributed by atoms with Crippen LogP contribution in [0.2, 0.25) is 0 Å². The minimum absolute atomic E-state index is 0.0156. The molecule has 88 valence electrons. The first kappa shape index (κ1) is 11.7. The Morgan fingerprint density at radius 2 is 1.94 bits per heavy atom. The van der Waals surface area contributed by atoms with Crippen LogP contribution in [0.15, 0.2) is 48.7 Å². The monoisotopic (exact) mass is 230 g/mol. The largest absolute Gasteiger partial charge is 0.305 e. The first-order valence-electron chi connectivity index (χ1n) is 5.71. The van der Waals surface area contributed by atoms with Crippen LogP contribution < -0.4 is 5.32 Å². The lowest BCUT2D eigenvalue weighted by Crippen LogP contribution is -2.22. The Kier molecular flexibility index (Phi) is 3.83. The van der Waals surface area contributed by atoms with E-state index in [4.69, 9.17) is 0 Å². The van der Waals surface area contributed by atoms with E-state index in [1.807, 2.05) is 25.1 Å². The minimum Gasteiger partial charge on any atom is -0.305 e. The van der Waals surface area contributed by atoms with Gasteiger partial charge in [0.2, 0.25) is 0 Å². The smallest absolute Gasteiger partial charge is 0.123 e. The predicted molar refractivity (Wildman–Crippen MR) is 66.2 cm³/mol. The van der Waals surface area contributed by atoms with Crippen LogP contribution in [0, 0.1) is 5.82 Å². The summed E-state index contributed by atoms with van der Waals surface area (Å²) in [5.74, 6) is -0.218. The molecule has 17 heavy (non-hydrogen) atoms. The zero-order valence-corrected chi connectivity index (χ0v) is 9.73. The van der Waals surface area contributed by atoms with Crippen molar-refractivity contribution in [1.29, 1.82) is 0 Å². The molecule has 1 atom stereocenters. The molecule has 1 heterocycles. The molecule has 2 nitrogen and oxygen atoms in total. The average Bonchev–Trinajstić information content (AvgIpc) is 2.38. The van der Waals surface area contributed by atoms with Gasteiger partial charge in [0, 0.05) is 6.20 Å². The van der Waals surface area contributed by atoms with Crippen LogP contribution in [-0.2, 0) is 0 Å². The summed E-state index contributed by atoms with van der Waals surface area (Å²) in [5.41, 5.74) is 1.97. The molecular formula is C14H15FN2. The lowest BCUT2D eigenvalue weighted by molar-refractivity contribution is 0.605. The zero-order valence-electron chi connectivity index (χ0n) is 9.73. The van der Waals surface area contributed by atoms with Crippen molar-refractivity contribution in [2.24, 2.45) is 0 Å². The lowest BCUT2D eigenvalue weighted by atomic mass is 10.0. The number of hydrogen-bond donors (Lipinski definition) is 1. The van der Waals surface area contributed by atoms with Crippen molar-refractivity contribution in [2.45, 2.75) is 13.0 Å². The van der Waals surface area contributed by atoms with Gasteiger partial charge in [0.25, 0.3) is 0 Å². The molecular weight excluding hydrogens is 215 g/mol. The number of hydrogen-bond acceptors (Lipinski definition) is 2. The molecule has 1 aromatic carbocycles. The van der Waals surface area contributed by atoms with Crippen molar-refractivity contribution >= 4 is 0 Å². The molecule has 0 bridgehead atoms. The standard InChI is InChI=1S/C14H15FN2/c1-2-16-14(13-5-3-4-10-17-13)11-6-8-12(15)9-7-11/h3-10,14,16H,2H2,1H3/t14-/m1/s1. The Morgan fingerprint density at radius 1 is 1.18 bits per heavy atom. The van der Waals surface area contributed by atoms with E-state index in [0.717, 1.165) is 17.8 Å². The van der Waals surface area contributed by atoms with Crippen molar-refractivity contribution in [3.63, 3.8) is 0 Å². The van der Waals surface area contributed by atoms with E-state index in [0.29, 0.717) is 0 Å². The van der Waals surface area contributed by atoms with Crippen molar-refractivity contribution in [3.8, 4) is 0 Å². The molecule has 0 saturated heterocycles. The summed E-state index contributed by atoms with van der Waals surface area (Å²) in [6.07, 6.45) is 1.77. The molecule has 0 saturated carbocycles. The van der Waals surface area contributed by atoms with Crippen molar-refractivity contribution in [3.05, 3.63) is 65.7 Å². The molecule has 1 N–H and O–H groups in total. The van der Waals surface area contributed by atoms with E-state index in [2.05, 4.69) is 10.3 Å². The third-order valence-corrected chi connectivity index (χ3v) is 2.60. The fourth-order valence-electron chi connectivity index (χ4n) is 1.80. The predicted octanol–water partition coefficient (Wildman–Crippen LogP) is 2.92. The van der Waals surface area contributed by atoms with Gasteiger partial charge in [-0.1, -0.05) is 25.1 Å². The number of pyridine rings is 1. The molecule has 0 amide bonds. The summed E-state index contributed by atoms with van der Waals surface area (Å²) in [6, 6.07) is 12.4. The fraction of sp³-hybridized carbons (Fsp3) is 0.214. The van der Waals surface area contributed by atoms with Gasteiger partial charge in [-0.3, -0.25) is 4.98 Å². The minimum atomic E-state index is -0.218. The Morgan fingerprint density at radius 3 is 2.53 bits per heavy atom. The lowest BCUT2D eigenvalue weighted by Gasteiger charge is -2.17. The molecule has 1 aromatic heterocycles. The Bertz CT molecular complexity index is 453. The van der Waals surface area contributed by atoms with E-state index in [-0.39, 0.29) is 11.9 Å². The van der Waals surface area contributed by atoms with Crippen LogP contribution in [0.5, 0.6) is 0 Å². The zero-order chi connectivity index (χ0) is 12.1. The van der Waals surface area contributed by atoms with E-state index < -0.39 is 0 Å². The molecule has 2 rings (SSSR count). The fourth-order valence-corrected chi connectivity index (χ4v) is 1.80. The second-order valence-corrected chi connectivity index (χ2v) is 3.80. The highest BCUT2D eigenvalue weighted by Crippen LogP contribution is 2.20. The first-order valence-corrected chi connectivity index (χ1v) is 5.71. The maximum absolute atomic E-state index is 12.9. The molecule has 0 spiro atoms. The van der Waals surface area contributed by atoms with Crippen LogP contribution in [0.25, 0.3) is 0 Å². The Hall–Kier alpha value is -1.74. The first-order chi connectivity index (χ1) is 8.31. The van der Waals surface area contributed by atoms with Crippen LogP contribution in [-0.4, -0.2) is 11.5 Å². The highest BCUT2D eigenvalue weighted by atomic mass is 19.1. The molecule has 0 aliphatic carbocycles. The second-order valence-electron chi connectivity index (χ2n) is 3.80. The van der Waals surface area contributed by atoms with Gasteiger partial charge in [0.15, 0.2) is 0 Å². The number of nitrogens with zero attached hydrogens (tertiary/aromatic N) is 1. The van der Waals surface area contributed by atoms with Crippen molar-refractivity contribution in [2.75, 3.05) is 6.54 Å². The molecule has 2 aromatic rings. The number of nitrogens with one attached hydrogen (secondary N) is 1. The second kappa shape index (κ2) is 5.55. The number of benzene rings is 1. The number of halogens is 1. The van der Waals surface area contributed by atoms with Gasteiger partial charge < -0.3 is 5.32 Å². The van der Waals surface area contributed by atoms with E-state index >= 15 is 0 Å². The highest BCUT2D eigenvalue weighted by Gasteiger charge is 2.13. The van der Waals surface area contributed by atoms with Gasteiger partial charge in [0.1, 0.15) is 5.82 Å². The topological polar surface area (TPSA) is 24.9 Å². The van der Waals surface area contributed by atoms with Crippen molar-refractivity contribution in [1.82, 2.24) is 10.3 Å². The number of rotatable bonds is 4. The number of aromatic nitrogens is 1. The third-order valence-electron chi connectivity index (χ3n) is 2.60. The van der Waals surface area contributed by atoms with Gasteiger partial charge in [-0.2, -0.15) is 0 Å². The maximum Gasteiger partial charge on any atom is 0.123 e. The van der Waals surface area contributed by atoms with Crippen molar-refractivity contribution < 1.29 is 4.39 Å². The van der Waals surface area contributed by atoms with E-state index in [1.165, 1.54) is 12.1 Å². The Labute approximate surface area is 101 Å². The SMILES string of the molecule is CCN[C@H](c1ccc(F)cc1)c1ccccn1.